The molecule has 122 valence electrons. The van der Waals surface area contributed by atoms with Crippen molar-refractivity contribution in [2.24, 2.45) is 0 Å². The van der Waals surface area contributed by atoms with Gasteiger partial charge in [0.1, 0.15) is 6.54 Å². The van der Waals surface area contributed by atoms with Crippen LogP contribution >= 0.6 is 0 Å². The van der Waals surface area contributed by atoms with E-state index in [1.54, 1.807) is 14.2 Å². The number of nitrogens with zero attached hydrogens (tertiary/aromatic N) is 1. The largest absolute Gasteiger partial charge is 1.00 e. The van der Waals surface area contributed by atoms with Gasteiger partial charge >= 0.3 is 0 Å². The second-order valence-electron chi connectivity index (χ2n) is 5.61. The number of hydrogen-bond acceptors (Lipinski definition) is 2. The number of benzene rings is 2. The van der Waals surface area contributed by atoms with Gasteiger partial charge in [0.25, 0.3) is 0 Å². The number of methoxy groups -OCH3 is 2. The van der Waals surface area contributed by atoms with Crippen molar-refractivity contribution < 1.29 is 38.0 Å². The molecule has 0 N–H and O–H groups in total. The molecule has 0 radical (unpaired) electrons. The van der Waals surface area contributed by atoms with E-state index in [0.717, 1.165) is 31.0 Å². The van der Waals surface area contributed by atoms with E-state index in [-0.39, 0.29) is 24.0 Å². The smallest absolute Gasteiger partial charge is 0.180 e. The molecule has 0 fully saturated rings. The van der Waals surface area contributed by atoms with Crippen LogP contribution in [0.5, 0.6) is 11.5 Å². The minimum Gasteiger partial charge on any atom is -1.00 e. The molecule has 2 aromatic rings. The Balaban J connectivity index is 0.00000192. The summed E-state index contributed by atoms with van der Waals surface area (Å²) < 4.78 is 13.3. The third-order valence-electron chi connectivity index (χ3n) is 4.34. The van der Waals surface area contributed by atoms with Gasteiger partial charge in [-0.1, -0.05) is 30.3 Å². The van der Waals surface area contributed by atoms with Gasteiger partial charge in [-0.05, 0) is 17.7 Å². The molecule has 0 bridgehead atoms. The minimum absolute atomic E-state index is 0. The van der Waals surface area contributed by atoms with E-state index in [2.05, 4.69) is 54.0 Å². The van der Waals surface area contributed by atoms with Crippen molar-refractivity contribution in [1.82, 2.24) is 0 Å². The minimum atomic E-state index is 0. The monoisotopic (exact) mass is 423 g/mol. The molecule has 0 aliphatic carbocycles. The summed E-state index contributed by atoms with van der Waals surface area (Å²) in [5.74, 6) is 1.60. The summed E-state index contributed by atoms with van der Waals surface area (Å²) >= 11 is 0. The van der Waals surface area contributed by atoms with Crippen molar-refractivity contribution in [3.63, 3.8) is 0 Å². The highest BCUT2D eigenvalue weighted by Crippen LogP contribution is 2.32. The lowest BCUT2D eigenvalue weighted by Gasteiger charge is -2.19. The summed E-state index contributed by atoms with van der Waals surface area (Å²) in [5, 5.41) is 0. The number of rotatable bonds is 4. The lowest BCUT2D eigenvalue weighted by atomic mass is 9.96. The van der Waals surface area contributed by atoms with E-state index in [9.17, 15) is 0 Å². The van der Waals surface area contributed by atoms with Crippen LogP contribution in [0.2, 0.25) is 0 Å². The average Bonchev–Trinajstić information content (AvgIpc) is 2.57. The highest BCUT2D eigenvalue weighted by atomic mass is 127. The van der Waals surface area contributed by atoms with E-state index in [4.69, 9.17) is 9.47 Å². The van der Waals surface area contributed by atoms with Crippen LogP contribution in [0.15, 0.2) is 42.5 Å². The molecule has 0 atom stereocenters. The first-order valence-corrected chi connectivity index (χ1v) is 7.60. The summed E-state index contributed by atoms with van der Waals surface area (Å²) in [4.78, 5) is 0. The molecule has 0 amide bonds. The third-order valence-corrected chi connectivity index (χ3v) is 4.34. The van der Waals surface area contributed by atoms with Crippen LogP contribution < -0.4 is 33.5 Å². The van der Waals surface area contributed by atoms with E-state index in [1.807, 2.05) is 0 Å². The zero-order chi connectivity index (χ0) is 15.5. The first-order chi connectivity index (χ1) is 10.7. The van der Waals surface area contributed by atoms with Crippen molar-refractivity contribution in [2.45, 2.75) is 19.9 Å². The molecular weight excluding hydrogens is 401 g/mol. The molecule has 0 saturated heterocycles. The van der Waals surface area contributed by atoms with E-state index < -0.39 is 0 Å². The molecule has 2 aromatic carbocycles. The maximum Gasteiger partial charge on any atom is 0.180 e. The highest BCUT2D eigenvalue weighted by molar-refractivity contribution is 5.97. The zero-order valence-corrected chi connectivity index (χ0v) is 16.0. The molecule has 4 heteroatoms. The second-order valence-corrected chi connectivity index (χ2v) is 5.61. The van der Waals surface area contributed by atoms with E-state index in [1.165, 1.54) is 22.4 Å². The lowest BCUT2D eigenvalue weighted by Crippen LogP contribution is -3.00. The first kappa shape index (κ1) is 17.8. The number of fused-ring (bicyclic) bond motifs is 1. The van der Waals surface area contributed by atoms with Gasteiger partial charge in [0.15, 0.2) is 23.8 Å². The number of ether oxygens (including phenoxy) is 2. The number of halogens is 1. The quantitative estimate of drug-likeness (QED) is 0.521. The van der Waals surface area contributed by atoms with Gasteiger partial charge in [-0.3, -0.25) is 0 Å². The lowest BCUT2D eigenvalue weighted by molar-refractivity contribution is -0.545. The van der Waals surface area contributed by atoms with Gasteiger partial charge in [-0.2, -0.15) is 0 Å². The molecular formula is C19H22INO2. The summed E-state index contributed by atoms with van der Waals surface area (Å²) in [5.41, 5.74) is 5.23. The Hall–Kier alpha value is -1.56. The average molecular weight is 423 g/mol. The Labute approximate surface area is 155 Å². The molecule has 1 aliphatic rings. The van der Waals surface area contributed by atoms with Crippen LogP contribution in [-0.2, 0) is 13.0 Å². The standard InChI is InChI=1S/C19H22NO2.HI/c1-14-17-12-19(22-3)18(21-2)11-16(17)9-10-20(14)13-15-7-5-4-6-8-15;/h4-8,11-12H,9-10,13H2,1-3H3;1H/q+1;/p-1. The molecule has 0 saturated carbocycles. The van der Waals surface area contributed by atoms with Gasteiger partial charge in [0.05, 0.1) is 14.2 Å². The maximum atomic E-state index is 5.45. The van der Waals surface area contributed by atoms with Crippen molar-refractivity contribution in [3.05, 3.63) is 59.2 Å². The first-order valence-electron chi connectivity index (χ1n) is 7.60. The molecule has 0 spiro atoms. The van der Waals surface area contributed by atoms with Crippen LogP contribution in [0.4, 0.5) is 0 Å². The van der Waals surface area contributed by atoms with Crippen LogP contribution in [0.3, 0.4) is 0 Å². The van der Waals surface area contributed by atoms with E-state index in [0.29, 0.717) is 0 Å². The van der Waals surface area contributed by atoms with Crippen LogP contribution in [0.1, 0.15) is 23.6 Å². The molecule has 0 aromatic heterocycles. The Kier molecular flexibility index (Phi) is 6.04. The molecule has 1 aliphatic heterocycles. The predicted octanol–water partition coefficient (Wildman–Crippen LogP) is 0.286. The fourth-order valence-corrected chi connectivity index (χ4v) is 3.06. The Morgan fingerprint density at radius 1 is 1.00 bits per heavy atom. The van der Waals surface area contributed by atoms with Gasteiger partial charge in [-0.15, -0.1) is 0 Å². The van der Waals surface area contributed by atoms with Gasteiger partial charge < -0.3 is 33.5 Å². The van der Waals surface area contributed by atoms with Crippen LogP contribution in [0, 0.1) is 0 Å². The van der Waals surface area contributed by atoms with Gasteiger partial charge in [0, 0.05) is 24.5 Å². The van der Waals surface area contributed by atoms with Gasteiger partial charge in [-0.25, -0.2) is 4.58 Å². The molecule has 3 rings (SSSR count). The van der Waals surface area contributed by atoms with Gasteiger partial charge in [0.2, 0.25) is 0 Å². The third kappa shape index (κ3) is 3.68. The second kappa shape index (κ2) is 7.81. The Bertz CT molecular complexity index is 711. The molecule has 1 heterocycles. The van der Waals surface area contributed by atoms with Crippen molar-refractivity contribution >= 4 is 5.71 Å². The summed E-state index contributed by atoms with van der Waals surface area (Å²) in [6.07, 6.45) is 1.03. The SMILES string of the molecule is COc1cc2c(cc1OC)C(C)=[N+](Cc1ccccc1)CC2.[I-]. The van der Waals surface area contributed by atoms with Crippen LogP contribution in [-0.4, -0.2) is 31.1 Å². The molecule has 23 heavy (non-hydrogen) atoms. The Morgan fingerprint density at radius 2 is 1.65 bits per heavy atom. The van der Waals surface area contributed by atoms with Crippen LogP contribution in [0.25, 0.3) is 0 Å². The van der Waals surface area contributed by atoms with Crippen molar-refractivity contribution in [1.29, 1.82) is 0 Å². The molecule has 3 nitrogen and oxygen atoms in total. The fraction of sp³-hybridized carbons (Fsp3) is 0.316. The van der Waals surface area contributed by atoms with Crippen molar-refractivity contribution in [2.75, 3.05) is 20.8 Å². The maximum absolute atomic E-state index is 5.45. The summed E-state index contributed by atoms with van der Waals surface area (Å²) in [6.45, 7) is 4.16. The summed E-state index contributed by atoms with van der Waals surface area (Å²) in [6, 6.07) is 14.8. The predicted molar refractivity (Wildman–Crippen MR) is 88.3 cm³/mol. The van der Waals surface area contributed by atoms with Crippen molar-refractivity contribution in [3.8, 4) is 11.5 Å². The summed E-state index contributed by atoms with van der Waals surface area (Å²) in [7, 11) is 3.37. The highest BCUT2D eigenvalue weighted by Gasteiger charge is 2.24. The Morgan fingerprint density at radius 3 is 2.30 bits per heavy atom. The molecule has 0 unspecified atom stereocenters. The zero-order valence-electron chi connectivity index (χ0n) is 13.8. The van der Waals surface area contributed by atoms with E-state index >= 15 is 0 Å². The normalized spacial score (nSPS) is 13.2. The fourth-order valence-electron chi connectivity index (χ4n) is 3.06. The topological polar surface area (TPSA) is 21.5 Å². The number of hydrogen-bond donors (Lipinski definition) is 0.